The van der Waals surface area contributed by atoms with E-state index >= 15 is 0 Å². The highest BCUT2D eigenvalue weighted by molar-refractivity contribution is 14.0. The SMILES string of the molecule is CN=C(NCCCCN1CCCC1)NC(C)CCCC(C)C.I. The molecule has 1 saturated heterocycles. The Labute approximate surface area is 161 Å². The van der Waals surface area contributed by atoms with Crippen molar-refractivity contribution in [3.63, 3.8) is 0 Å². The van der Waals surface area contributed by atoms with Crippen molar-refractivity contribution in [1.29, 1.82) is 0 Å². The van der Waals surface area contributed by atoms with E-state index in [4.69, 9.17) is 0 Å². The van der Waals surface area contributed by atoms with Crippen LogP contribution in [0.5, 0.6) is 0 Å². The van der Waals surface area contributed by atoms with E-state index in [2.05, 4.69) is 41.3 Å². The van der Waals surface area contributed by atoms with Crippen LogP contribution < -0.4 is 10.6 Å². The van der Waals surface area contributed by atoms with Gasteiger partial charge < -0.3 is 15.5 Å². The Kier molecular flexibility index (Phi) is 14.3. The average molecular weight is 438 g/mol. The van der Waals surface area contributed by atoms with E-state index in [9.17, 15) is 0 Å². The molecule has 1 rings (SSSR count). The lowest BCUT2D eigenvalue weighted by molar-refractivity contribution is 0.330. The first-order valence-corrected chi connectivity index (χ1v) is 9.31. The van der Waals surface area contributed by atoms with Crippen molar-refractivity contribution < 1.29 is 0 Å². The van der Waals surface area contributed by atoms with Crippen LogP contribution in [0.15, 0.2) is 4.99 Å². The van der Waals surface area contributed by atoms with Crippen molar-refractivity contribution in [2.75, 3.05) is 33.2 Å². The summed E-state index contributed by atoms with van der Waals surface area (Å²) in [6, 6.07) is 0.495. The molecule has 0 spiro atoms. The number of nitrogens with zero attached hydrogens (tertiary/aromatic N) is 2. The normalized spacial score (nSPS) is 17.2. The molecule has 0 aromatic rings. The summed E-state index contributed by atoms with van der Waals surface area (Å²) in [5, 5.41) is 6.95. The second kappa shape index (κ2) is 14.3. The van der Waals surface area contributed by atoms with Gasteiger partial charge in [-0.25, -0.2) is 0 Å². The fourth-order valence-electron chi connectivity index (χ4n) is 3.01. The van der Waals surface area contributed by atoms with Gasteiger partial charge in [-0.3, -0.25) is 4.99 Å². The molecule has 0 aliphatic carbocycles. The highest BCUT2D eigenvalue weighted by Crippen LogP contribution is 2.09. The molecule has 0 aromatic carbocycles. The lowest BCUT2D eigenvalue weighted by Crippen LogP contribution is -2.42. The van der Waals surface area contributed by atoms with E-state index < -0.39 is 0 Å². The number of aliphatic imine (C=N–C) groups is 1. The lowest BCUT2D eigenvalue weighted by atomic mass is 10.0. The zero-order chi connectivity index (χ0) is 16.2. The quantitative estimate of drug-likeness (QED) is 0.236. The van der Waals surface area contributed by atoms with Gasteiger partial charge in [-0.05, 0) is 64.6 Å². The molecule has 1 aliphatic heterocycles. The number of rotatable bonds is 10. The first kappa shape index (κ1) is 23.0. The van der Waals surface area contributed by atoms with Crippen LogP contribution in [-0.2, 0) is 0 Å². The van der Waals surface area contributed by atoms with Gasteiger partial charge in [0, 0.05) is 19.6 Å². The van der Waals surface area contributed by atoms with E-state index in [1.54, 1.807) is 0 Å². The highest BCUT2D eigenvalue weighted by Gasteiger charge is 2.10. The van der Waals surface area contributed by atoms with E-state index in [0.717, 1.165) is 18.4 Å². The fourth-order valence-corrected chi connectivity index (χ4v) is 3.01. The van der Waals surface area contributed by atoms with Crippen molar-refractivity contribution in [2.45, 2.75) is 71.8 Å². The molecule has 23 heavy (non-hydrogen) atoms. The van der Waals surface area contributed by atoms with Gasteiger partial charge in [-0.1, -0.05) is 26.7 Å². The van der Waals surface area contributed by atoms with Crippen molar-refractivity contribution in [1.82, 2.24) is 15.5 Å². The van der Waals surface area contributed by atoms with E-state index in [-0.39, 0.29) is 24.0 Å². The molecule has 1 fully saturated rings. The maximum absolute atomic E-state index is 4.33. The molecule has 1 heterocycles. The Balaban J connectivity index is 0.00000484. The number of hydrogen-bond acceptors (Lipinski definition) is 2. The summed E-state index contributed by atoms with van der Waals surface area (Å²) in [6.45, 7) is 11.7. The highest BCUT2D eigenvalue weighted by atomic mass is 127. The van der Waals surface area contributed by atoms with Gasteiger partial charge in [0.15, 0.2) is 5.96 Å². The van der Waals surface area contributed by atoms with Crippen LogP contribution in [-0.4, -0.2) is 50.1 Å². The molecule has 1 atom stereocenters. The van der Waals surface area contributed by atoms with Gasteiger partial charge in [0.2, 0.25) is 0 Å². The van der Waals surface area contributed by atoms with Crippen LogP contribution in [0.3, 0.4) is 0 Å². The van der Waals surface area contributed by atoms with Gasteiger partial charge in [0.1, 0.15) is 0 Å². The van der Waals surface area contributed by atoms with Crippen LogP contribution in [0, 0.1) is 5.92 Å². The maximum atomic E-state index is 4.33. The van der Waals surface area contributed by atoms with Crippen LogP contribution in [0.2, 0.25) is 0 Å². The topological polar surface area (TPSA) is 39.7 Å². The number of hydrogen-bond donors (Lipinski definition) is 2. The third-order valence-electron chi connectivity index (χ3n) is 4.42. The van der Waals surface area contributed by atoms with Crippen LogP contribution in [0.1, 0.15) is 65.7 Å². The molecule has 1 unspecified atom stereocenters. The molecule has 0 saturated carbocycles. The zero-order valence-electron chi connectivity index (χ0n) is 15.7. The molecule has 0 radical (unpaired) electrons. The lowest BCUT2D eigenvalue weighted by Gasteiger charge is -2.19. The Bertz CT molecular complexity index is 301. The summed E-state index contributed by atoms with van der Waals surface area (Å²) in [6.07, 6.45) is 9.11. The van der Waals surface area contributed by atoms with E-state index in [1.807, 2.05) is 7.05 Å². The predicted octanol–water partition coefficient (Wildman–Crippen LogP) is 3.86. The monoisotopic (exact) mass is 438 g/mol. The average Bonchev–Trinajstić information content (AvgIpc) is 2.98. The summed E-state index contributed by atoms with van der Waals surface area (Å²) >= 11 is 0. The summed E-state index contributed by atoms with van der Waals surface area (Å²) < 4.78 is 0. The number of nitrogens with one attached hydrogen (secondary N) is 2. The molecule has 2 N–H and O–H groups in total. The van der Waals surface area contributed by atoms with Crippen LogP contribution in [0.4, 0.5) is 0 Å². The van der Waals surface area contributed by atoms with Crippen LogP contribution in [0.25, 0.3) is 0 Å². The minimum atomic E-state index is 0. The van der Waals surface area contributed by atoms with Crippen molar-refractivity contribution in [3.8, 4) is 0 Å². The molecule has 1 aliphatic rings. The zero-order valence-corrected chi connectivity index (χ0v) is 18.1. The third kappa shape index (κ3) is 12.0. The van der Waals surface area contributed by atoms with E-state index in [1.165, 1.54) is 64.6 Å². The smallest absolute Gasteiger partial charge is 0.191 e. The first-order valence-electron chi connectivity index (χ1n) is 9.31. The Morgan fingerprint density at radius 3 is 2.35 bits per heavy atom. The molecule has 0 bridgehead atoms. The molecule has 138 valence electrons. The molecule has 5 heteroatoms. The Hall–Kier alpha value is -0.0400. The fraction of sp³-hybridized carbons (Fsp3) is 0.944. The summed E-state index contributed by atoms with van der Waals surface area (Å²) in [4.78, 5) is 6.92. The summed E-state index contributed by atoms with van der Waals surface area (Å²) in [5.41, 5.74) is 0. The van der Waals surface area contributed by atoms with Gasteiger partial charge >= 0.3 is 0 Å². The number of halogens is 1. The first-order chi connectivity index (χ1) is 10.6. The molecule has 0 amide bonds. The third-order valence-corrected chi connectivity index (χ3v) is 4.42. The second-order valence-electron chi connectivity index (χ2n) is 7.12. The van der Waals surface area contributed by atoms with Crippen LogP contribution >= 0.6 is 24.0 Å². The number of likely N-dealkylation sites (tertiary alicyclic amines) is 1. The largest absolute Gasteiger partial charge is 0.356 e. The van der Waals surface area contributed by atoms with E-state index in [0.29, 0.717) is 6.04 Å². The second-order valence-corrected chi connectivity index (χ2v) is 7.12. The summed E-state index contributed by atoms with van der Waals surface area (Å²) in [5.74, 6) is 1.76. The molecule has 0 aromatic heterocycles. The van der Waals surface area contributed by atoms with Crippen molar-refractivity contribution in [2.24, 2.45) is 10.9 Å². The maximum Gasteiger partial charge on any atom is 0.191 e. The molecular weight excluding hydrogens is 399 g/mol. The molecule has 4 nitrogen and oxygen atoms in total. The number of guanidine groups is 1. The van der Waals surface area contributed by atoms with Gasteiger partial charge in [-0.2, -0.15) is 0 Å². The molecular formula is C18H39IN4. The van der Waals surface area contributed by atoms with Crippen molar-refractivity contribution >= 4 is 29.9 Å². The van der Waals surface area contributed by atoms with Crippen molar-refractivity contribution in [3.05, 3.63) is 0 Å². The Morgan fingerprint density at radius 1 is 1.04 bits per heavy atom. The standard InChI is InChI=1S/C18H38N4.HI/c1-16(2)10-9-11-17(3)21-18(19-4)20-12-5-6-13-22-14-7-8-15-22;/h16-17H,5-15H2,1-4H3,(H2,19,20,21);1H. The minimum absolute atomic E-state index is 0. The minimum Gasteiger partial charge on any atom is -0.356 e. The van der Waals surface area contributed by atoms with Gasteiger partial charge in [0.25, 0.3) is 0 Å². The van der Waals surface area contributed by atoms with Gasteiger partial charge in [0.05, 0.1) is 0 Å². The summed E-state index contributed by atoms with van der Waals surface area (Å²) in [7, 11) is 1.86. The number of unbranched alkanes of at least 4 members (excludes halogenated alkanes) is 1. The predicted molar refractivity (Wildman–Crippen MR) is 113 cm³/mol. The van der Waals surface area contributed by atoms with Gasteiger partial charge in [-0.15, -0.1) is 24.0 Å². The Morgan fingerprint density at radius 2 is 1.74 bits per heavy atom.